The fraction of sp³-hybridized carbons (Fsp3) is 0.500. The first-order chi connectivity index (χ1) is 16.1. The number of halogens is 1. The summed E-state index contributed by atoms with van der Waals surface area (Å²) in [5.74, 6) is -0.427. The summed E-state index contributed by atoms with van der Waals surface area (Å²) in [5, 5.41) is 4.81. The van der Waals surface area contributed by atoms with Gasteiger partial charge in [-0.25, -0.2) is 9.18 Å². The zero-order valence-corrected chi connectivity index (χ0v) is 19.6. The van der Waals surface area contributed by atoms with Crippen LogP contribution in [0.15, 0.2) is 35.7 Å². The van der Waals surface area contributed by atoms with Crippen molar-refractivity contribution >= 4 is 23.3 Å². The number of carbonyl (C=O) groups is 2. The maximum atomic E-state index is 14.1. The number of benzene rings is 1. The Bertz CT molecular complexity index is 963. The number of thiophene rings is 1. The molecule has 178 valence electrons. The van der Waals surface area contributed by atoms with E-state index in [9.17, 15) is 14.0 Å². The molecule has 0 saturated carbocycles. The summed E-state index contributed by atoms with van der Waals surface area (Å²) in [6.45, 7) is 4.03. The van der Waals surface area contributed by atoms with E-state index in [0.29, 0.717) is 26.2 Å². The minimum Gasteiger partial charge on any atom is -0.488 e. The number of hydrogen-bond acceptors (Lipinski definition) is 5. The Morgan fingerprint density at radius 2 is 2.18 bits per heavy atom. The van der Waals surface area contributed by atoms with E-state index < -0.39 is 5.82 Å². The molecular weight excluding hydrogens is 445 g/mol. The number of hydrogen-bond donors (Lipinski definition) is 1. The summed E-state index contributed by atoms with van der Waals surface area (Å²) in [7, 11) is 0. The van der Waals surface area contributed by atoms with E-state index >= 15 is 0 Å². The first-order valence-corrected chi connectivity index (χ1v) is 12.3. The van der Waals surface area contributed by atoms with E-state index in [0.717, 1.165) is 24.8 Å². The Kier molecular flexibility index (Phi) is 7.82. The van der Waals surface area contributed by atoms with Crippen LogP contribution >= 0.6 is 11.3 Å². The van der Waals surface area contributed by atoms with Crippen molar-refractivity contribution in [3.05, 3.63) is 52.0 Å². The van der Waals surface area contributed by atoms with E-state index in [1.165, 1.54) is 10.9 Å². The molecule has 7 nitrogen and oxygen atoms in total. The molecule has 2 unspecified atom stereocenters. The minimum atomic E-state index is -0.435. The highest BCUT2D eigenvalue weighted by Gasteiger charge is 2.34. The Hall–Kier alpha value is -2.65. The van der Waals surface area contributed by atoms with Crippen molar-refractivity contribution in [2.75, 3.05) is 39.4 Å². The first-order valence-electron chi connectivity index (χ1n) is 11.4. The lowest BCUT2D eigenvalue weighted by Crippen LogP contribution is -2.51. The number of ether oxygens (including phenoxy) is 2. The normalized spacial score (nSPS) is 19.8. The van der Waals surface area contributed by atoms with Crippen molar-refractivity contribution in [2.24, 2.45) is 0 Å². The second kappa shape index (κ2) is 11.0. The van der Waals surface area contributed by atoms with Gasteiger partial charge in [-0.1, -0.05) is 12.1 Å². The summed E-state index contributed by atoms with van der Waals surface area (Å²) in [5.41, 5.74) is 1.03. The second-order valence-electron chi connectivity index (χ2n) is 8.24. The van der Waals surface area contributed by atoms with E-state index in [4.69, 9.17) is 9.47 Å². The molecule has 0 spiro atoms. The van der Waals surface area contributed by atoms with Gasteiger partial charge in [0.1, 0.15) is 13.2 Å². The van der Waals surface area contributed by atoms with E-state index in [-0.39, 0.29) is 43.0 Å². The Morgan fingerprint density at radius 1 is 1.33 bits per heavy atom. The molecule has 2 aliphatic heterocycles. The van der Waals surface area contributed by atoms with Gasteiger partial charge in [0.2, 0.25) is 5.91 Å². The monoisotopic (exact) mass is 475 g/mol. The molecule has 0 bridgehead atoms. The van der Waals surface area contributed by atoms with Crippen LogP contribution in [0, 0.1) is 5.82 Å². The molecule has 2 aromatic rings. The number of fused-ring (bicyclic) bond motifs is 1. The number of nitrogens with one attached hydrogen (secondary N) is 1. The largest absolute Gasteiger partial charge is 0.488 e. The average Bonchev–Trinajstić information content (AvgIpc) is 3.50. The molecule has 1 saturated heterocycles. The highest BCUT2D eigenvalue weighted by atomic mass is 32.1. The van der Waals surface area contributed by atoms with Crippen LogP contribution in [0.2, 0.25) is 0 Å². The van der Waals surface area contributed by atoms with Crippen molar-refractivity contribution < 1.29 is 23.5 Å². The summed E-state index contributed by atoms with van der Waals surface area (Å²) in [6, 6.07) is 7.65. The molecule has 9 heteroatoms. The van der Waals surface area contributed by atoms with Gasteiger partial charge in [0.15, 0.2) is 11.6 Å². The van der Waals surface area contributed by atoms with Gasteiger partial charge in [0.05, 0.1) is 12.1 Å². The number of urea groups is 1. The summed E-state index contributed by atoms with van der Waals surface area (Å²) < 4.78 is 25.6. The van der Waals surface area contributed by atoms with Crippen LogP contribution in [-0.2, 0) is 16.0 Å². The van der Waals surface area contributed by atoms with E-state index in [1.807, 2.05) is 18.4 Å². The fourth-order valence-corrected chi connectivity index (χ4v) is 5.30. The lowest BCUT2D eigenvalue weighted by Gasteiger charge is -2.37. The van der Waals surface area contributed by atoms with Crippen LogP contribution in [0.4, 0.5) is 9.18 Å². The van der Waals surface area contributed by atoms with Crippen molar-refractivity contribution in [1.29, 1.82) is 0 Å². The quantitative estimate of drug-likeness (QED) is 0.633. The molecule has 4 rings (SSSR count). The van der Waals surface area contributed by atoms with Gasteiger partial charge >= 0.3 is 6.03 Å². The maximum absolute atomic E-state index is 14.1. The number of amides is 3. The van der Waals surface area contributed by atoms with Crippen molar-refractivity contribution in [3.8, 4) is 5.75 Å². The molecule has 0 aliphatic carbocycles. The van der Waals surface area contributed by atoms with Crippen LogP contribution in [-0.4, -0.2) is 67.2 Å². The standard InChI is InChI=1S/C24H30FN3O4S/c1-2-26-24(30)27(14-17-6-5-12-31-17)15-23(29)28-11-9-22-18(10-13-33-22)20(28)16-32-21-8-4-3-7-19(21)25/h3-4,7-8,10,13,17,20H,2,5-6,9,11-12,14-16H2,1H3,(H,26,30). The van der Waals surface area contributed by atoms with Crippen LogP contribution < -0.4 is 10.1 Å². The molecular formula is C24H30FN3O4S. The van der Waals surface area contributed by atoms with E-state index in [1.54, 1.807) is 39.3 Å². The van der Waals surface area contributed by atoms with Gasteiger partial charge in [-0.05, 0) is 55.3 Å². The lowest BCUT2D eigenvalue weighted by molar-refractivity contribution is -0.135. The zero-order chi connectivity index (χ0) is 23.2. The number of nitrogens with zero attached hydrogens (tertiary/aromatic N) is 2. The second-order valence-corrected chi connectivity index (χ2v) is 9.25. The van der Waals surface area contributed by atoms with Crippen molar-refractivity contribution in [2.45, 2.75) is 38.3 Å². The molecule has 1 N–H and O–H groups in total. The third-order valence-corrected chi connectivity index (χ3v) is 7.03. The average molecular weight is 476 g/mol. The molecule has 1 fully saturated rings. The molecule has 33 heavy (non-hydrogen) atoms. The van der Waals surface area contributed by atoms with Gasteiger partial charge in [-0.2, -0.15) is 0 Å². The smallest absolute Gasteiger partial charge is 0.317 e. The number of rotatable bonds is 8. The summed E-state index contributed by atoms with van der Waals surface area (Å²) in [4.78, 5) is 30.6. The molecule has 3 heterocycles. The number of carbonyl (C=O) groups excluding carboxylic acids is 2. The third-order valence-electron chi connectivity index (χ3n) is 6.04. The Labute approximate surface area is 197 Å². The molecule has 1 aromatic carbocycles. The first kappa shape index (κ1) is 23.5. The van der Waals surface area contributed by atoms with E-state index in [2.05, 4.69) is 5.32 Å². The summed E-state index contributed by atoms with van der Waals surface area (Å²) >= 11 is 1.66. The third kappa shape index (κ3) is 5.65. The molecule has 2 atom stereocenters. The highest BCUT2D eigenvalue weighted by Crippen LogP contribution is 2.34. The fourth-order valence-electron chi connectivity index (χ4n) is 4.38. The lowest BCUT2D eigenvalue weighted by atomic mass is 10.0. The van der Waals surface area contributed by atoms with Gasteiger partial charge in [-0.15, -0.1) is 11.3 Å². The van der Waals surface area contributed by atoms with Gasteiger partial charge in [0, 0.05) is 31.1 Å². The predicted molar refractivity (Wildman–Crippen MR) is 124 cm³/mol. The highest BCUT2D eigenvalue weighted by molar-refractivity contribution is 7.10. The van der Waals surface area contributed by atoms with Crippen molar-refractivity contribution in [3.63, 3.8) is 0 Å². The minimum absolute atomic E-state index is 0.0403. The van der Waals surface area contributed by atoms with Gasteiger partial charge in [-0.3, -0.25) is 4.79 Å². The van der Waals surface area contributed by atoms with Gasteiger partial charge in [0.25, 0.3) is 0 Å². The van der Waals surface area contributed by atoms with Crippen LogP contribution in [0.3, 0.4) is 0 Å². The molecule has 2 aliphatic rings. The van der Waals surface area contributed by atoms with Crippen molar-refractivity contribution in [1.82, 2.24) is 15.1 Å². The number of para-hydroxylation sites is 1. The molecule has 3 amide bonds. The molecule has 0 radical (unpaired) electrons. The van der Waals surface area contributed by atoms with Crippen LogP contribution in [0.5, 0.6) is 5.75 Å². The Morgan fingerprint density at radius 3 is 2.94 bits per heavy atom. The van der Waals surface area contributed by atoms with Crippen LogP contribution in [0.1, 0.15) is 36.2 Å². The molecule has 1 aromatic heterocycles. The zero-order valence-electron chi connectivity index (χ0n) is 18.8. The topological polar surface area (TPSA) is 71.1 Å². The van der Waals surface area contributed by atoms with Crippen LogP contribution in [0.25, 0.3) is 0 Å². The summed E-state index contributed by atoms with van der Waals surface area (Å²) in [6.07, 6.45) is 2.54. The SMILES string of the molecule is CCNC(=O)N(CC(=O)N1CCc2sccc2C1COc1ccccc1F)CC1CCCO1. The Balaban J connectivity index is 1.49. The predicted octanol–water partition coefficient (Wildman–Crippen LogP) is 3.60. The van der Waals surface area contributed by atoms with Gasteiger partial charge < -0.3 is 24.6 Å². The maximum Gasteiger partial charge on any atom is 0.317 e.